The number of rotatable bonds is 9. The maximum atomic E-state index is 12.3. The molecule has 0 radical (unpaired) electrons. The quantitative estimate of drug-likeness (QED) is 0.313. The van der Waals surface area contributed by atoms with E-state index >= 15 is 0 Å². The van der Waals surface area contributed by atoms with E-state index in [9.17, 15) is 4.79 Å². The maximum absolute atomic E-state index is 12.3. The van der Waals surface area contributed by atoms with E-state index < -0.39 is 0 Å². The van der Waals surface area contributed by atoms with Crippen molar-refractivity contribution in [1.82, 2.24) is 5.43 Å². The molecule has 0 heterocycles. The van der Waals surface area contributed by atoms with Crippen molar-refractivity contribution in [3.63, 3.8) is 0 Å². The van der Waals surface area contributed by atoms with Gasteiger partial charge in [0.1, 0.15) is 12.4 Å². The number of nitrogens with zero attached hydrogens (tertiary/aromatic N) is 1. The van der Waals surface area contributed by atoms with E-state index in [2.05, 4.69) is 39.4 Å². The molecule has 3 aromatic rings. The second-order valence-corrected chi connectivity index (χ2v) is 7.76. The Hall–Kier alpha value is -3.32. The van der Waals surface area contributed by atoms with Crippen LogP contribution >= 0.6 is 15.9 Å². The monoisotopic (exact) mass is 496 g/mol. The Labute approximate surface area is 196 Å². The minimum Gasteiger partial charge on any atom is -0.497 e. The Kier molecular flexibility index (Phi) is 8.27. The molecule has 0 aliphatic carbocycles. The number of carbonyl (C=O) groups excluding carboxylic acids is 1. The summed E-state index contributed by atoms with van der Waals surface area (Å²) < 4.78 is 17.7. The number of ether oxygens (including phenoxy) is 3. The highest BCUT2D eigenvalue weighted by molar-refractivity contribution is 9.10. The number of nitrogens with one attached hydrogen (secondary N) is 1. The first-order valence-electron chi connectivity index (χ1n) is 10.1. The number of methoxy groups -OCH3 is 1. The molecule has 0 bridgehead atoms. The van der Waals surface area contributed by atoms with Crippen molar-refractivity contribution in [2.75, 3.05) is 13.7 Å². The summed E-state index contributed by atoms with van der Waals surface area (Å²) in [6, 6.07) is 18.6. The molecule has 3 aromatic carbocycles. The van der Waals surface area contributed by atoms with Crippen molar-refractivity contribution in [2.24, 2.45) is 5.10 Å². The van der Waals surface area contributed by atoms with Crippen LogP contribution in [-0.4, -0.2) is 25.8 Å². The maximum Gasteiger partial charge on any atom is 0.271 e. The van der Waals surface area contributed by atoms with E-state index in [1.54, 1.807) is 37.6 Å². The molecular formula is C25H25BrN2O4. The Morgan fingerprint density at radius 2 is 1.84 bits per heavy atom. The van der Waals surface area contributed by atoms with Crippen molar-refractivity contribution in [3.05, 3.63) is 87.4 Å². The number of carbonyl (C=O) groups is 1. The Morgan fingerprint density at radius 3 is 2.53 bits per heavy atom. The summed E-state index contributed by atoms with van der Waals surface area (Å²) in [5.74, 6) is 1.59. The topological polar surface area (TPSA) is 69.2 Å². The lowest BCUT2D eigenvalue weighted by Crippen LogP contribution is -2.17. The number of benzene rings is 3. The predicted molar refractivity (Wildman–Crippen MR) is 129 cm³/mol. The van der Waals surface area contributed by atoms with Gasteiger partial charge in [-0.05, 0) is 82.9 Å². The van der Waals surface area contributed by atoms with Crippen LogP contribution in [0.25, 0.3) is 0 Å². The minimum absolute atomic E-state index is 0.314. The van der Waals surface area contributed by atoms with E-state index in [-0.39, 0.29) is 5.91 Å². The normalized spacial score (nSPS) is 10.8. The number of amides is 1. The summed E-state index contributed by atoms with van der Waals surface area (Å²) >= 11 is 3.57. The molecule has 0 fully saturated rings. The highest BCUT2D eigenvalue weighted by Crippen LogP contribution is 2.37. The number of hydrogen-bond donors (Lipinski definition) is 1. The first kappa shape index (κ1) is 23.3. The molecule has 1 amide bonds. The van der Waals surface area contributed by atoms with Gasteiger partial charge in [0.15, 0.2) is 11.5 Å². The average molecular weight is 497 g/mol. The van der Waals surface area contributed by atoms with Gasteiger partial charge in [-0.3, -0.25) is 4.79 Å². The summed E-state index contributed by atoms with van der Waals surface area (Å²) in [6.07, 6.45) is 1.56. The molecule has 0 saturated heterocycles. The van der Waals surface area contributed by atoms with Gasteiger partial charge in [0.05, 0.1) is 24.4 Å². The first-order valence-corrected chi connectivity index (χ1v) is 10.9. The number of hydrogen-bond acceptors (Lipinski definition) is 5. The van der Waals surface area contributed by atoms with E-state index in [4.69, 9.17) is 14.2 Å². The van der Waals surface area contributed by atoms with Crippen molar-refractivity contribution in [1.29, 1.82) is 0 Å². The van der Waals surface area contributed by atoms with E-state index in [0.717, 1.165) is 21.2 Å². The summed E-state index contributed by atoms with van der Waals surface area (Å²) in [6.45, 7) is 4.88. The van der Waals surface area contributed by atoms with Gasteiger partial charge in [-0.25, -0.2) is 5.43 Å². The van der Waals surface area contributed by atoms with Crippen LogP contribution in [0, 0.1) is 6.92 Å². The Morgan fingerprint density at radius 1 is 1.09 bits per heavy atom. The molecular weight excluding hydrogens is 472 g/mol. The zero-order chi connectivity index (χ0) is 22.9. The van der Waals surface area contributed by atoms with E-state index in [1.807, 2.05) is 37.3 Å². The molecule has 32 heavy (non-hydrogen) atoms. The molecule has 166 valence electrons. The van der Waals surface area contributed by atoms with Gasteiger partial charge in [-0.2, -0.15) is 5.10 Å². The third kappa shape index (κ3) is 6.11. The number of aryl methyl sites for hydroxylation is 1. The van der Waals surface area contributed by atoms with Crippen LogP contribution in [0.15, 0.2) is 70.2 Å². The summed E-state index contributed by atoms with van der Waals surface area (Å²) in [5.41, 5.74) is 6.03. The van der Waals surface area contributed by atoms with Gasteiger partial charge in [0, 0.05) is 5.56 Å². The highest BCUT2D eigenvalue weighted by Gasteiger charge is 2.13. The van der Waals surface area contributed by atoms with Gasteiger partial charge in [0.2, 0.25) is 0 Å². The smallest absolute Gasteiger partial charge is 0.271 e. The van der Waals surface area contributed by atoms with Crippen molar-refractivity contribution >= 4 is 28.1 Å². The Balaban J connectivity index is 1.71. The molecule has 1 N–H and O–H groups in total. The molecule has 0 aliphatic rings. The summed E-state index contributed by atoms with van der Waals surface area (Å²) in [4.78, 5) is 12.3. The van der Waals surface area contributed by atoms with E-state index in [0.29, 0.717) is 36.0 Å². The van der Waals surface area contributed by atoms with Crippen LogP contribution in [0.4, 0.5) is 0 Å². The third-order valence-corrected chi connectivity index (χ3v) is 5.29. The zero-order valence-corrected chi connectivity index (χ0v) is 19.8. The van der Waals surface area contributed by atoms with Crippen molar-refractivity contribution in [2.45, 2.75) is 20.5 Å². The Bertz CT molecular complexity index is 1100. The molecule has 0 atom stereocenters. The lowest BCUT2D eigenvalue weighted by Gasteiger charge is -2.15. The van der Waals surface area contributed by atoms with Gasteiger partial charge in [-0.1, -0.05) is 24.3 Å². The van der Waals surface area contributed by atoms with Crippen molar-refractivity contribution < 1.29 is 19.0 Å². The zero-order valence-electron chi connectivity index (χ0n) is 18.2. The molecule has 6 nitrogen and oxygen atoms in total. The third-order valence-electron chi connectivity index (χ3n) is 4.70. The molecule has 3 rings (SSSR count). The molecule has 0 saturated carbocycles. The minimum atomic E-state index is -0.314. The van der Waals surface area contributed by atoms with Crippen LogP contribution in [-0.2, 0) is 6.61 Å². The summed E-state index contributed by atoms with van der Waals surface area (Å²) in [7, 11) is 1.58. The fourth-order valence-corrected chi connectivity index (χ4v) is 3.53. The largest absolute Gasteiger partial charge is 0.497 e. The number of hydrazone groups is 1. The second kappa shape index (κ2) is 11.3. The van der Waals surface area contributed by atoms with Gasteiger partial charge < -0.3 is 14.2 Å². The SMILES string of the molecule is CCOc1cc(C=NNC(=O)c2ccc(OC)cc2)cc(Br)c1OCc1ccccc1C. The standard InChI is InChI=1S/C25H25BrN2O4/c1-4-31-23-14-18(15-27-28-25(29)19-9-11-21(30-3)12-10-19)13-22(26)24(23)32-16-20-8-6-5-7-17(20)2/h5-15H,4,16H2,1-3H3,(H,28,29). The van der Waals surface area contributed by atoms with Gasteiger partial charge in [-0.15, -0.1) is 0 Å². The average Bonchev–Trinajstić information content (AvgIpc) is 2.80. The van der Waals surface area contributed by atoms with Gasteiger partial charge >= 0.3 is 0 Å². The predicted octanol–water partition coefficient (Wildman–Crippen LogP) is 5.51. The van der Waals surface area contributed by atoms with Crippen LogP contribution in [0.5, 0.6) is 17.2 Å². The molecule has 0 aliphatic heterocycles. The first-order chi connectivity index (χ1) is 15.5. The molecule has 0 spiro atoms. The van der Waals surface area contributed by atoms with Crippen molar-refractivity contribution in [3.8, 4) is 17.2 Å². The van der Waals surface area contributed by atoms with Crippen LogP contribution in [0.3, 0.4) is 0 Å². The summed E-state index contributed by atoms with van der Waals surface area (Å²) in [5, 5.41) is 4.06. The van der Waals surface area contributed by atoms with Crippen LogP contribution in [0.1, 0.15) is 34.0 Å². The van der Waals surface area contributed by atoms with Crippen LogP contribution < -0.4 is 19.6 Å². The van der Waals surface area contributed by atoms with Gasteiger partial charge in [0.25, 0.3) is 5.91 Å². The lowest BCUT2D eigenvalue weighted by molar-refractivity contribution is 0.0955. The van der Waals surface area contributed by atoms with Crippen LogP contribution in [0.2, 0.25) is 0 Å². The second-order valence-electron chi connectivity index (χ2n) is 6.91. The fourth-order valence-electron chi connectivity index (χ4n) is 2.96. The lowest BCUT2D eigenvalue weighted by atomic mass is 10.1. The highest BCUT2D eigenvalue weighted by atomic mass is 79.9. The van der Waals surface area contributed by atoms with E-state index in [1.165, 1.54) is 0 Å². The molecule has 0 unspecified atom stereocenters. The fraction of sp³-hybridized carbons (Fsp3) is 0.200. The molecule has 0 aromatic heterocycles. The number of halogens is 1. The molecule has 7 heteroatoms.